The van der Waals surface area contributed by atoms with Crippen LogP contribution in [0.2, 0.25) is 10.0 Å². The van der Waals surface area contributed by atoms with E-state index in [4.69, 9.17) is 37.4 Å². The van der Waals surface area contributed by atoms with Gasteiger partial charge in [0.05, 0.1) is 29.3 Å². The second-order valence-corrected chi connectivity index (χ2v) is 13.1. The van der Waals surface area contributed by atoms with Gasteiger partial charge < -0.3 is 19.3 Å². The zero-order chi connectivity index (χ0) is 32.7. The molecule has 3 aromatic rings. The molecule has 5 rings (SSSR count). The Morgan fingerprint density at radius 1 is 1.07 bits per heavy atom. The van der Waals surface area contributed by atoms with E-state index in [0.717, 1.165) is 0 Å². The van der Waals surface area contributed by atoms with Crippen LogP contribution >= 0.6 is 23.2 Å². The molecule has 7 nitrogen and oxygen atoms in total. The molecule has 0 saturated carbocycles. The van der Waals surface area contributed by atoms with E-state index < -0.39 is 34.4 Å². The molecule has 2 heterocycles. The van der Waals surface area contributed by atoms with Crippen molar-refractivity contribution in [2.75, 3.05) is 27.4 Å². The molecule has 1 N–H and O–H groups in total. The predicted molar refractivity (Wildman–Crippen MR) is 170 cm³/mol. The summed E-state index contributed by atoms with van der Waals surface area (Å²) in [6.07, 6.45) is 1.56. The zero-order valence-corrected chi connectivity index (χ0v) is 27.6. The number of methoxy groups -OCH3 is 2. The SMILES string of the molecule is CCC(O)(c1cc(F)c2c(c1)C(=O)N(Cc1ccc(Cl)cc1C(C)(C)C(=O)OC)[C@@]2(OC)c1ccc(Cl)cc1)C1CCOCC1. The van der Waals surface area contributed by atoms with E-state index in [2.05, 4.69) is 0 Å². The first kappa shape index (κ1) is 33.4. The second kappa shape index (κ2) is 12.6. The number of rotatable bonds is 9. The van der Waals surface area contributed by atoms with Gasteiger partial charge in [-0.2, -0.15) is 0 Å². The van der Waals surface area contributed by atoms with Crippen molar-refractivity contribution in [3.05, 3.63) is 104 Å². The van der Waals surface area contributed by atoms with Crippen LogP contribution in [0.4, 0.5) is 4.39 Å². The summed E-state index contributed by atoms with van der Waals surface area (Å²) in [5.74, 6) is -1.83. The Kier molecular flexibility index (Phi) is 9.38. The third kappa shape index (κ3) is 5.55. The first-order valence-corrected chi connectivity index (χ1v) is 15.8. The molecule has 0 bridgehead atoms. The van der Waals surface area contributed by atoms with Gasteiger partial charge in [-0.05, 0) is 92.1 Å². The smallest absolute Gasteiger partial charge is 0.315 e. The monoisotopic (exact) mass is 657 g/mol. The van der Waals surface area contributed by atoms with Crippen LogP contribution in [-0.4, -0.2) is 49.3 Å². The molecule has 1 amide bonds. The largest absolute Gasteiger partial charge is 0.468 e. The average Bonchev–Trinajstić information content (AvgIpc) is 3.29. The molecule has 2 atom stereocenters. The minimum atomic E-state index is -1.70. The van der Waals surface area contributed by atoms with Crippen LogP contribution in [0.1, 0.15) is 78.2 Å². The van der Waals surface area contributed by atoms with Crippen molar-refractivity contribution in [1.29, 1.82) is 0 Å². The van der Waals surface area contributed by atoms with Crippen LogP contribution in [0.15, 0.2) is 54.6 Å². The fourth-order valence-electron chi connectivity index (χ4n) is 6.99. The molecule has 2 aliphatic rings. The Bertz CT molecular complexity index is 1610. The number of hydrogen-bond acceptors (Lipinski definition) is 6. The topological polar surface area (TPSA) is 85.3 Å². The maximum atomic E-state index is 16.7. The van der Waals surface area contributed by atoms with Crippen LogP contribution in [0.3, 0.4) is 0 Å². The third-order valence-electron chi connectivity index (χ3n) is 9.52. The van der Waals surface area contributed by atoms with E-state index in [-0.39, 0.29) is 23.6 Å². The van der Waals surface area contributed by atoms with Crippen molar-refractivity contribution in [3.8, 4) is 0 Å². The minimum absolute atomic E-state index is 0.0363. The molecule has 3 aromatic carbocycles. The van der Waals surface area contributed by atoms with Gasteiger partial charge in [-0.1, -0.05) is 48.3 Å². The normalized spacial score (nSPS) is 20.2. The second-order valence-electron chi connectivity index (χ2n) is 12.2. The van der Waals surface area contributed by atoms with Crippen LogP contribution < -0.4 is 0 Å². The van der Waals surface area contributed by atoms with E-state index in [1.54, 1.807) is 62.4 Å². The summed E-state index contributed by atoms with van der Waals surface area (Å²) in [5, 5.41) is 12.8. The fraction of sp³-hybridized carbons (Fsp3) is 0.429. The summed E-state index contributed by atoms with van der Waals surface area (Å²) in [4.78, 5) is 28.9. The van der Waals surface area contributed by atoms with Crippen molar-refractivity contribution in [1.82, 2.24) is 4.90 Å². The third-order valence-corrected chi connectivity index (χ3v) is 10.0. The van der Waals surface area contributed by atoms with Gasteiger partial charge >= 0.3 is 5.97 Å². The summed E-state index contributed by atoms with van der Waals surface area (Å²) < 4.78 is 33.5. The number of fused-ring (bicyclic) bond motifs is 1. The molecule has 10 heteroatoms. The van der Waals surface area contributed by atoms with Gasteiger partial charge in [-0.25, -0.2) is 4.39 Å². The summed E-state index contributed by atoms with van der Waals surface area (Å²) >= 11 is 12.6. The fourth-order valence-corrected chi connectivity index (χ4v) is 7.29. The number of hydrogen-bond donors (Lipinski definition) is 1. The Hall–Kier alpha value is -3.01. The molecule has 2 aliphatic heterocycles. The highest BCUT2D eigenvalue weighted by atomic mass is 35.5. The Balaban J connectivity index is 1.72. The molecular weight excluding hydrogens is 620 g/mol. The van der Waals surface area contributed by atoms with Crippen molar-refractivity contribution in [2.45, 2.75) is 63.3 Å². The number of aliphatic hydroxyl groups is 1. The van der Waals surface area contributed by atoms with Crippen LogP contribution in [0, 0.1) is 11.7 Å². The molecule has 0 radical (unpaired) electrons. The first-order chi connectivity index (χ1) is 21.3. The van der Waals surface area contributed by atoms with Crippen molar-refractivity contribution in [2.24, 2.45) is 5.92 Å². The Labute approximate surface area is 273 Å². The number of amides is 1. The number of carbonyl (C=O) groups is 2. The van der Waals surface area contributed by atoms with Gasteiger partial charge in [0.25, 0.3) is 5.91 Å². The van der Waals surface area contributed by atoms with E-state index >= 15 is 4.39 Å². The number of benzene rings is 3. The van der Waals surface area contributed by atoms with E-state index in [0.29, 0.717) is 64.8 Å². The number of esters is 1. The van der Waals surface area contributed by atoms with Crippen LogP contribution in [0.5, 0.6) is 0 Å². The van der Waals surface area contributed by atoms with Gasteiger partial charge in [-0.3, -0.25) is 14.5 Å². The number of carbonyl (C=O) groups excluding carboxylic acids is 2. The molecule has 0 aliphatic carbocycles. The number of ether oxygens (including phenoxy) is 3. The van der Waals surface area contributed by atoms with Gasteiger partial charge in [0.2, 0.25) is 0 Å². The molecule has 1 fully saturated rings. The van der Waals surface area contributed by atoms with Crippen molar-refractivity contribution in [3.63, 3.8) is 0 Å². The lowest BCUT2D eigenvalue weighted by atomic mass is 9.74. The summed E-state index contributed by atoms with van der Waals surface area (Å²) in [7, 11) is 2.73. The molecular formula is C35H38Cl2FNO6. The Morgan fingerprint density at radius 2 is 1.71 bits per heavy atom. The predicted octanol–water partition coefficient (Wildman–Crippen LogP) is 7.11. The standard InChI is InChI=1S/C35H38Cl2FNO6/c1-6-34(42,22-13-15-45-16-14-22)24-17-27-30(29(38)18-24)35(44-5,23-8-11-25(36)12-9-23)39(31(27)40)20-21-7-10-26(37)19-28(21)33(2,3)32(41)43-4/h7-12,17-19,22,42H,6,13-16,20H2,1-5H3/t34?,35-/m1/s1. The van der Waals surface area contributed by atoms with E-state index in [9.17, 15) is 14.7 Å². The molecule has 45 heavy (non-hydrogen) atoms. The highest BCUT2D eigenvalue weighted by Gasteiger charge is 2.55. The highest BCUT2D eigenvalue weighted by Crippen LogP contribution is 2.50. The molecule has 1 unspecified atom stereocenters. The lowest BCUT2D eigenvalue weighted by molar-refractivity contribution is -0.146. The number of nitrogens with zero attached hydrogens (tertiary/aromatic N) is 1. The maximum Gasteiger partial charge on any atom is 0.315 e. The molecule has 0 spiro atoms. The number of halogens is 3. The maximum absolute atomic E-state index is 16.7. The Morgan fingerprint density at radius 3 is 2.31 bits per heavy atom. The van der Waals surface area contributed by atoms with Crippen LogP contribution in [-0.2, 0) is 42.3 Å². The van der Waals surface area contributed by atoms with Crippen molar-refractivity contribution < 1.29 is 33.3 Å². The summed E-state index contributed by atoms with van der Waals surface area (Å²) in [6, 6.07) is 14.7. The summed E-state index contributed by atoms with van der Waals surface area (Å²) in [5.41, 5.74) is -2.11. The lowest BCUT2D eigenvalue weighted by Crippen LogP contribution is -2.46. The minimum Gasteiger partial charge on any atom is -0.468 e. The van der Waals surface area contributed by atoms with Gasteiger partial charge in [0.1, 0.15) is 5.82 Å². The molecule has 0 aromatic heterocycles. The van der Waals surface area contributed by atoms with Crippen LogP contribution in [0.25, 0.3) is 0 Å². The molecule has 240 valence electrons. The van der Waals surface area contributed by atoms with Crippen molar-refractivity contribution >= 4 is 35.1 Å². The molecule has 1 saturated heterocycles. The summed E-state index contributed by atoms with van der Waals surface area (Å²) in [6.45, 7) is 6.22. The van der Waals surface area contributed by atoms with Gasteiger partial charge in [0, 0.05) is 42.5 Å². The van der Waals surface area contributed by atoms with E-state index in [1.807, 2.05) is 6.92 Å². The quantitative estimate of drug-likeness (QED) is 0.247. The average molecular weight is 659 g/mol. The first-order valence-electron chi connectivity index (χ1n) is 15.0. The zero-order valence-electron chi connectivity index (χ0n) is 26.1. The lowest BCUT2D eigenvalue weighted by Gasteiger charge is -2.40. The van der Waals surface area contributed by atoms with Gasteiger partial charge in [0.15, 0.2) is 5.72 Å². The van der Waals surface area contributed by atoms with E-state index in [1.165, 1.54) is 25.2 Å². The van der Waals surface area contributed by atoms with Gasteiger partial charge in [-0.15, -0.1) is 0 Å². The highest BCUT2D eigenvalue weighted by molar-refractivity contribution is 6.31.